The van der Waals surface area contributed by atoms with E-state index in [9.17, 15) is 43.5 Å². The van der Waals surface area contributed by atoms with Crippen molar-refractivity contribution in [2.75, 3.05) is 39.6 Å². The minimum absolute atomic E-state index is 0.0802. The summed E-state index contributed by atoms with van der Waals surface area (Å²) in [7, 11) is -9.79. The molecule has 0 saturated heterocycles. The molecule has 0 aliphatic carbocycles. The van der Waals surface area contributed by atoms with E-state index >= 15 is 0 Å². The van der Waals surface area contributed by atoms with Crippen molar-refractivity contribution in [3.63, 3.8) is 0 Å². The van der Waals surface area contributed by atoms with Gasteiger partial charge in [-0.3, -0.25) is 32.5 Å². The van der Waals surface area contributed by atoms with Gasteiger partial charge in [-0.05, 0) is 122 Å². The van der Waals surface area contributed by atoms with Gasteiger partial charge in [0.05, 0.1) is 26.4 Å². The average molecular weight is 1210 g/mol. The van der Waals surface area contributed by atoms with Gasteiger partial charge in [-0.1, -0.05) is 194 Å². The third-order valence-electron chi connectivity index (χ3n) is 12.1. The first kappa shape index (κ1) is 79.0. The zero-order valence-corrected chi connectivity index (χ0v) is 52.6. The monoisotopic (exact) mass is 1210 g/mol. The number of esters is 3. The quantitative estimate of drug-likeness (QED) is 0.0146. The molecule has 0 fully saturated rings. The Morgan fingerprint density at radius 1 is 0.349 bits per heavy atom. The molecule has 4 N–H and O–H groups in total. The Balaban J connectivity index is 4.71. The molecule has 0 rings (SSSR count). The van der Waals surface area contributed by atoms with Gasteiger partial charge in [-0.2, -0.15) is 0 Å². The molecule has 0 aromatic heterocycles. The van der Waals surface area contributed by atoms with Crippen LogP contribution < -0.4 is 0 Å². The van der Waals surface area contributed by atoms with Crippen LogP contribution in [0.15, 0.2) is 122 Å². The molecule has 5 atom stereocenters. The van der Waals surface area contributed by atoms with Gasteiger partial charge in [0.1, 0.15) is 25.4 Å². The van der Waals surface area contributed by atoms with E-state index in [0.717, 1.165) is 154 Å². The summed E-state index contributed by atoms with van der Waals surface area (Å²) in [6, 6.07) is 0. The van der Waals surface area contributed by atoms with E-state index in [1.165, 1.54) is 0 Å². The zero-order valence-electron chi connectivity index (χ0n) is 50.8. The predicted octanol–water partition coefficient (Wildman–Crippen LogP) is 16.3. The molecule has 18 heteroatoms. The SMILES string of the molecule is CC/C=C\C/C=C\C/C=C\C/C=C\C/C=C\CCCCCC(=O)OCC(O)COP(=O)(O)OCC(O)COP(=O)(O)OCC(COC(=O)CCCCCCC/C=C\C/C=C\C/C=C\CC)OC(=O)CCCCCCC/C=C\C/C=C\CCC. The molecule has 0 aliphatic rings. The smallest absolute Gasteiger partial charge is 0.463 e. The van der Waals surface area contributed by atoms with Crippen molar-refractivity contribution in [1.82, 2.24) is 0 Å². The average Bonchev–Trinajstić information content (AvgIpc) is 3.46. The van der Waals surface area contributed by atoms with E-state index in [0.29, 0.717) is 19.3 Å². The number of hydrogen-bond acceptors (Lipinski definition) is 14. The van der Waals surface area contributed by atoms with Crippen LogP contribution in [0.2, 0.25) is 0 Å². The first-order valence-electron chi connectivity index (χ1n) is 30.8. The summed E-state index contributed by atoms with van der Waals surface area (Å²) in [5, 5.41) is 20.5. The molecule has 0 spiro atoms. The Bertz CT molecular complexity index is 2000. The lowest BCUT2D eigenvalue weighted by Gasteiger charge is -2.21. The van der Waals surface area contributed by atoms with Crippen molar-refractivity contribution in [3.8, 4) is 0 Å². The van der Waals surface area contributed by atoms with Crippen LogP contribution in [0.25, 0.3) is 0 Å². The fourth-order valence-corrected chi connectivity index (χ4v) is 9.05. The number of rotatable bonds is 57. The Morgan fingerprint density at radius 2 is 0.639 bits per heavy atom. The van der Waals surface area contributed by atoms with E-state index in [-0.39, 0.29) is 19.3 Å². The molecule has 0 aromatic carbocycles. The van der Waals surface area contributed by atoms with Crippen LogP contribution in [0, 0.1) is 0 Å². The van der Waals surface area contributed by atoms with Crippen LogP contribution in [0.1, 0.15) is 213 Å². The van der Waals surface area contributed by atoms with Crippen molar-refractivity contribution in [1.29, 1.82) is 0 Å². The number of unbranched alkanes of at least 4 members (excludes halogenated alkanes) is 14. The molecular formula is C65H108O16P2. The number of carbonyl (C=O) groups excluding carboxylic acids is 3. The van der Waals surface area contributed by atoms with Crippen molar-refractivity contribution in [3.05, 3.63) is 122 Å². The molecule has 16 nitrogen and oxygen atoms in total. The summed E-state index contributed by atoms with van der Waals surface area (Å²) in [6.07, 6.45) is 64.1. The largest absolute Gasteiger partial charge is 0.472 e. The summed E-state index contributed by atoms with van der Waals surface area (Å²) in [4.78, 5) is 58.1. The van der Waals surface area contributed by atoms with Gasteiger partial charge in [-0.25, -0.2) is 9.13 Å². The highest BCUT2D eigenvalue weighted by molar-refractivity contribution is 7.47. The minimum atomic E-state index is -4.93. The van der Waals surface area contributed by atoms with Crippen LogP contribution >= 0.6 is 15.6 Å². The topological polar surface area (TPSA) is 231 Å². The van der Waals surface area contributed by atoms with Crippen LogP contribution in [0.3, 0.4) is 0 Å². The highest BCUT2D eigenvalue weighted by atomic mass is 31.2. The molecule has 0 saturated carbocycles. The summed E-state index contributed by atoms with van der Waals surface area (Å²) in [6.45, 7) is 2.25. The van der Waals surface area contributed by atoms with Gasteiger partial charge in [0, 0.05) is 19.3 Å². The van der Waals surface area contributed by atoms with E-state index in [2.05, 4.69) is 142 Å². The van der Waals surface area contributed by atoms with Crippen LogP contribution in [-0.2, 0) is 55.8 Å². The van der Waals surface area contributed by atoms with E-state index in [1.54, 1.807) is 0 Å². The third kappa shape index (κ3) is 59.5. The number of aliphatic hydroxyl groups is 2. The summed E-state index contributed by atoms with van der Waals surface area (Å²) in [5.74, 6) is -1.65. The maximum absolute atomic E-state index is 12.9. The predicted molar refractivity (Wildman–Crippen MR) is 334 cm³/mol. The summed E-state index contributed by atoms with van der Waals surface area (Å²) in [5.41, 5.74) is 0. The van der Waals surface area contributed by atoms with E-state index in [1.807, 2.05) is 0 Å². The lowest BCUT2D eigenvalue weighted by atomic mass is 10.1. The van der Waals surface area contributed by atoms with Gasteiger partial charge in [-0.15, -0.1) is 0 Å². The van der Waals surface area contributed by atoms with Gasteiger partial charge in [0.2, 0.25) is 0 Å². The van der Waals surface area contributed by atoms with Gasteiger partial charge >= 0.3 is 33.6 Å². The summed E-state index contributed by atoms with van der Waals surface area (Å²) >= 11 is 0. The van der Waals surface area contributed by atoms with Crippen LogP contribution in [-0.4, -0.2) is 95.9 Å². The molecule has 5 unspecified atom stereocenters. The maximum atomic E-state index is 12.9. The number of hydrogen-bond donors (Lipinski definition) is 4. The number of phosphoric acid groups is 2. The number of phosphoric ester groups is 2. The molecule has 0 heterocycles. The van der Waals surface area contributed by atoms with Gasteiger partial charge in [0.15, 0.2) is 6.10 Å². The normalized spacial score (nSPS) is 15.2. The van der Waals surface area contributed by atoms with Gasteiger partial charge < -0.3 is 34.2 Å². The molecule has 0 aromatic rings. The Hall–Kier alpha value is -4.05. The molecule has 0 bridgehead atoms. The maximum Gasteiger partial charge on any atom is 0.472 e. The molecule has 0 aliphatic heterocycles. The number of carbonyl (C=O) groups is 3. The van der Waals surface area contributed by atoms with E-state index < -0.39 is 91.5 Å². The Morgan fingerprint density at radius 3 is 1.02 bits per heavy atom. The highest BCUT2D eigenvalue weighted by Crippen LogP contribution is 2.45. The van der Waals surface area contributed by atoms with E-state index in [4.69, 9.17) is 32.3 Å². The second-order valence-electron chi connectivity index (χ2n) is 20.1. The second kappa shape index (κ2) is 58.3. The van der Waals surface area contributed by atoms with Crippen molar-refractivity contribution >= 4 is 33.6 Å². The molecule has 0 amide bonds. The van der Waals surface area contributed by atoms with Crippen molar-refractivity contribution in [2.24, 2.45) is 0 Å². The van der Waals surface area contributed by atoms with Crippen LogP contribution in [0.5, 0.6) is 0 Å². The fourth-order valence-electron chi connectivity index (χ4n) is 7.47. The van der Waals surface area contributed by atoms with Crippen molar-refractivity contribution < 1.29 is 75.8 Å². The second-order valence-corrected chi connectivity index (χ2v) is 23.0. The Labute approximate surface area is 500 Å². The molecule has 0 radical (unpaired) electrons. The van der Waals surface area contributed by atoms with Crippen LogP contribution in [0.4, 0.5) is 0 Å². The fraction of sp³-hybridized carbons (Fsp3) is 0.646. The van der Waals surface area contributed by atoms with Crippen molar-refractivity contribution in [2.45, 2.75) is 232 Å². The number of aliphatic hydroxyl groups excluding tert-OH is 2. The minimum Gasteiger partial charge on any atom is -0.463 e. The third-order valence-corrected chi connectivity index (χ3v) is 14.0. The van der Waals surface area contributed by atoms with Gasteiger partial charge in [0.25, 0.3) is 0 Å². The molecule has 474 valence electrons. The number of allylic oxidation sites excluding steroid dienone is 20. The standard InChI is InChI=1S/C65H108O16P2/c1-4-7-10-13-16-19-22-25-27-28-29-30-32-35-36-39-42-45-48-51-63(68)75-54-60(66)55-77-82(71,72)78-56-61(67)57-79-83(73,74)80-59-62(81-65(70)53-50-47-44-41-38-33-24-21-18-15-12-9-6-3)58-76-64(69)52-49-46-43-40-37-34-31-26-23-20-17-14-11-8-5-2/h7-8,10-12,15-17,19-21,24-27,29-31,35-36,60-62,66-67H,4-6,9,13-14,18,22-23,28,32-34,37-59H2,1-3H3,(H,71,72)(H,73,74)/b10-7-,11-8-,15-12-,19-16-,20-17-,24-21-,27-25-,30-29-,31-26-,36-35-. The first-order chi connectivity index (χ1) is 40.2. The molecular weight excluding hydrogens is 1100 g/mol. The highest BCUT2D eigenvalue weighted by Gasteiger charge is 2.29. The Kier molecular flexibility index (Phi) is 55.5. The summed E-state index contributed by atoms with van der Waals surface area (Å²) < 4.78 is 60.6. The molecule has 83 heavy (non-hydrogen) atoms. The zero-order chi connectivity index (χ0) is 61.0. The lowest BCUT2D eigenvalue weighted by molar-refractivity contribution is -0.161. The lowest BCUT2D eigenvalue weighted by Crippen LogP contribution is -2.30. The first-order valence-corrected chi connectivity index (χ1v) is 33.8. The number of ether oxygens (including phenoxy) is 3.